The molecule has 2 atom stereocenters. The number of alkyl halides is 3. The molecular weight excluding hydrogens is 347 g/mol. The molecule has 6 nitrogen and oxygen atoms in total. The molecule has 0 radical (unpaired) electrons. The summed E-state index contributed by atoms with van der Waals surface area (Å²) in [4.78, 5) is 14.9. The van der Waals surface area contributed by atoms with Crippen molar-refractivity contribution in [1.82, 2.24) is 19.9 Å². The predicted molar refractivity (Wildman–Crippen MR) is 87.4 cm³/mol. The van der Waals surface area contributed by atoms with Gasteiger partial charge in [0.2, 0.25) is 5.91 Å². The van der Waals surface area contributed by atoms with Crippen molar-refractivity contribution in [3.05, 3.63) is 41.2 Å². The second-order valence-electron chi connectivity index (χ2n) is 7.06. The lowest BCUT2D eigenvalue weighted by Crippen LogP contribution is -2.46. The molecule has 9 heteroatoms. The van der Waals surface area contributed by atoms with E-state index < -0.39 is 17.2 Å². The summed E-state index contributed by atoms with van der Waals surface area (Å²) in [6.07, 6.45) is -1.85. The van der Waals surface area contributed by atoms with Crippen LogP contribution in [0.3, 0.4) is 0 Å². The Hall–Kier alpha value is -2.42. The number of aromatic nitrogens is 3. The van der Waals surface area contributed by atoms with Crippen LogP contribution >= 0.6 is 0 Å². The number of carbonyl (C=O) groups is 1. The van der Waals surface area contributed by atoms with Gasteiger partial charge in [-0.25, -0.2) is 0 Å². The molecule has 0 saturated carbocycles. The summed E-state index contributed by atoms with van der Waals surface area (Å²) in [5.74, 6) is -0.242. The molecule has 138 valence electrons. The van der Waals surface area contributed by atoms with Crippen LogP contribution in [-0.4, -0.2) is 39.4 Å². The van der Waals surface area contributed by atoms with Gasteiger partial charge in [-0.3, -0.25) is 14.4 Å². The molecule has 1 N–H and O–H groups in total. The van der Waals surface area contributed by atoms with E-state index in [1.54, 1.807) is 17.9 Å². The summed E-state index contributed by atoms with van der Waals surface area (Å²) < 4.78 is 41.1. The molecule has 2 aromatic rings. The smallest absolute Gasteiger partial charge is 0.325 e. The lowest BCUT2D eigenvalue weighted by molar-refractivity contribution is -0.137. The molecule has 1 saturated heterocycles. The number of anilines is 1. The van der Waals surface area contributed by atoms with Gasteiger partial charge >= 0.3 is 6.18 Å². The summed E-state index contributed by atoms with van der Waals surface area (Å²) >= 11 is 0. The molecule has 2 aliphatic rings. The van der Waals surface area contributed by atoms with Gasteiger partial charge in [0.05, 0.1) is 22.7 Å². The Morgan fingerprint density at radius 2 is 2.08 bits per heavy atom. The lowest BCUT2D eigenvalue weighted by atomic mass is 9.70. The monoisotopic (exact) mass is 365 g/mol. The fourth-order valence-corrected chi connectivity index (χ4v) is 4.00. The molecule has 1 aromatic carbocycles. The average Bonchev–Trinajstić information content (AvgIpc) is 3.11. The van der Waals surface area contributed by atoms with Crippen LogP contribution in [0.2, 0.25) is 0 Å². The van der Waals surface area contributed by atoms with Crippen molar-refractivity contribution >= 4 is 11.6 Å². The zero-order valence-electron chi connectivity index (χ0n) is 14.3. The summed E-state index contributed by atoms with van der Waals surface area (Å²) in [7, 11) is 3.67. The van der Waals surface area contributed by atoms with Crippen molar-refractivity contribution in [2.45, 2.75) is 30.5 Å². The third-order valence-corrected chi connectivity index (χ3v) is 5.47. The first kappa shape index (κ1) is 17.0. The van der Waals surface area contributed by atoms with E-state index in [1.807, 2.05) is 7.05 Å². The number of amides is 1. The minimum atomic E-state index is -4.45. The van der Waals surface area contributed by atoms with Gasteiger partial charge in [-0.2, -0.15) is 13.2 Å². The summed E-state index contributed by atoms with van der Waals surface area (Å²) in [6.45, 7) is 0.574. The van der Waals surface area contributed by atoms with Crippen LogP contribution in [0.15, 0.2) is 24.4 Å². The van der Waals surface area contributed by atoms with Crippen molar-refractivity contribution in [2.75, 3.05) is 18.9 Å². The van der Waals surface area contributed by atoms with E-state index in [2.05, 4.69) is 20.5 Å². The van der Waals surface area contributed by atoms with Crippen LogP contribution in [0.4, 0.5) is 18.9 Å². The number of fused-ring (bicyclic) bond motifs is 2. The molecule has 1 amide bonds. The Labute approximate surface area is 148 Å². The van der Waals surface area contributed by atoms with E-state index >= 15 is 0 Å². The van der Waals surface area contributed by atoms with Crippen LogP contribution in [0.25, 0.3) is 0 Å². The number of benzene rings is 1. The number of rotatable bonds is 1. The van der Waals surface area contributed by atoms with Gasteiger partial charge in [0.15, 0.2) is 0 Å². The highest BCUT2D eigenvalue weighted by atomic mass is 19.4. The van der Waals surface area contributed by atoms with Crippen LogP contribution in [-0.2, 0) is 23.4 Å². The Kier molecular flexibility index (Phi) is 3.62. The maximum Gasteiger partial charge on any atom is 0.416 e. The average molecular weight is 365 g/mol. The number of hydrogen-bond donors (Lipinski definition) is 1. The van der Waals surface area contributed by atoms with Crippen molar-refractivity contribution in [3.63, 3.8) is 0 Å². The highest BCUT2D eigenvalue weighted by Gasteiger charge is 2.52. The Balaban J connectivity index is 1.78. The van der Waals surface area contributed by atoms with Crippen LogP contribution < -0.4 is 5.32 Å². The van der Waals surface area contributed by atoms with Crippen molar-refractivity contribution < 1.29 is 18.0 Å². The Bertz CT molecular complexity index is 878. The van der Waals surface area contributed by atoms with Gasteiger partial charge in [0.1, 0.15) is 0 Å². The molecule has 1 spiro atoms. The van der Waals surface area contributed by atoms with Crippen LogP contribution in [0.5, 0.6) is 0 Å². The van der Waals surface area contributed by atoms with E-state index in [9.17, 15) is 18.0 Å². The summed E-state index contributed by atoms with van der Waals surface area (Å²) in [6, 6.07) is 3.28. The zero-order valence-corrected chi connectivity index (χ0v) is 14.3. The van der Waals surface area contributed by atoms with E-state index in [4.69, 9.17) is 0 Å². The molecule has 26 heavy (non-hydrogen) atoms. The molecule has 2 aliphatic heterocycles. The fourth-order valence-electron chi connectivity index (χ4n) is 4.00. The minimum Gasteiger partial charge on any atom is -0.325 e. The van der Waals surface area contributed by atoms with E-state index in [0.29, 0.717) is 36.3 Å². The van der Waals surface area contributed by atoms with E-state index in [0.717, 1.165) is 12.1 Å². The zero-order chi connectivity index (χ0) is 18.7. The molecular formula is C17H18F3N5O. The maximum atomic E-state index is 13.2. The third kappa shape index (κ3) is 2.49. The van der Waals surface area contributed by atoms with Gasteiger partial charge in [-0.1, -0.05) is 5.21 Å². The quantitative estimate of drug-likeness (QED) is 0.843. The third-order valence-electron chi connectivity index (χ3n) is 5.47. The molecule has 2 unspecified atom stereocenters. The molecule has 1 fully saturated rings. The van der Waals surface area contributed by atoms with Crippen LogP contribution in [0.1, 0.15) is 35.7 Å². The fraction of sp³-hybridized carbons (Fsp3) is 0.471. The van der Waals surface area contributed by atoms with Gasteiger partial charge in [-0.15, -0.1) is 5.10 Å². The van der Waals surface area contributed by atoms with Gasteiger partial charge < -0.3 is 5.32 Å². The normalized spacial score (nSPS) is 26.2. The topological polar surface area (TPSA) is 63.1 Å². The second kappa shape index (κ2) is 5.54. The van der Waals surface area contributed by atoms with E-state index in [-0.39, 0.29) is 11.9 Å². The molecule has 4 rings (SSSR count). The first-order valence-electron chi connectivity index (χ1n) is 8.30. The number of carbonyl (C=O) groups excluding carboxylic acids is 1. The summed E-state index contributed by atoms with van der Waals surface area (Å²) in [5, 5.41) is 10.8. The van der Waals surface area contributed by atoms with Crippen LogP contribution in [0, 0.1) is 0 Å². The molecule has 1 aromatic heterocycles. The molecule has 0 aliphatic carbocycles. The van der Waals surface area contributed by atoms with Gasteiger partial charge in [0, 0.05) is 18.9 Å². The number of nitrogens with one attached hydrogen (secondary N) is 1. The number of halogens is 3. The first-order chi connectivity index (χ1) is 12.2. The van der Waals surface area contributed by atoms with Crippen molar-refractivity contribution in [2.24, 2.45) is 7.05 Å². The number of nitrogens with zero attached hydrogens (tertiary/aromatic N) is 4. The first-order valence-corrected chi connectivity index (χ1v) is 8.30. The highest BCUT2D eigenvalue weighted by Crippen LogP contribution is 2.50. The SMILES string of the molecule is CN1CCC2(CC1c1cn(C)nn1)C(=O)Nc1ccc(C(F)(F)F)cc12. The minimum absolute atomic E-state index is 0.191. The highest BCUT2D eigenvalue weighted by molar-refractivity contribution is 6.06. The van der Waals surface area contributed by atoms with Gasteiger partial charge in [0.25, 0.3) is 0 Å². The van der Waals surface area contributed by atoms with Gasteiger partial charge in [-0.05, 0) is 50.2 Å². The van der Waals surface area contributed by atoms with E-state index in [1.165, 1.54) is 6.07 Å². The number of hydrogen-bond acceptors (Lipinski definition) is 4. The predicted octanol–water partition coefficient (Wildman–Crippen LogP) is 2.49. The largest absolute Gasteiger partial charge is 0.416 e. The lowest BCUT2D eigenvalue weighted by Gasteiger charge is -2.41. The Morgan fingerprint density at radius 1 is 1.31 bits per heavy atom. The molecule has 0 bridgehead atoms. The standard InChI is InChI=1S/C17H18F3N5O/c1-24-6-5-16(8-14(24)13-9-25(2)23-22-13)11-7-10(17(18,19)20)3-4-12(11)21-15(16)26/h3-4,7,9,14H,5-6,8H2,1-2H3,(H,21,26). The molecule has 3 heterocycles. The van der Waals surface area contributed by atoms with Crippen molar-refractivity contribution in [1.29, 1.82) is 0 Å². The Morgan fingerprint density at radius 3 is 2.73 bits per heavy atom. The maximum absolute atomic E-state index is 13.2. The number of aryl methyl sites for hydroxylation is 1. The number of piperidine rings is 1. The second-order valence-corrected chi connectivity index (χ2v) is 7.06. The van der Waals surface area contributed by atoms with Crippen molar-refractivity contribution in [3.8, 4) is 0 Å². The summed E-state index contributed by atoms with van der Waals surface area (Å²) in [5.41, 5.74) is -0.111. The number of likely N-dealkylation sites (tertiary alicyclic amines) is 1.